The molecule has 0 radical (unpaired) electrons. The highest BCUT2D eigenvalue weighted by Crippen LogP contribution is 2.51. The van der Waals surface area contributed by atoms with E-state index >= 15 is 0 Å². The second-order valence-electron chi connectivity index (χ2n) is 6.11. The van der Waals surface area contributed by atoms with Gasteiger partial charge in [-0.25, -0.2) is 0 Å². The summed E-state index contributed by atoms with van der Waals surface area (Å²) in [5.41, 5.74) is 1.23. The molecule has 0 amide bonds. The Kier molecular flexibility index (Phi) is 3.70. The second-order valence-corrected chi connectivity index (χ2v) is 7.40. The van der Waals surface area contributed by atoms with Crippen molar-refractivity contribution >= 4 is 22.9 Å². The summed E-state index contributed by atoms with van der Waals surface area (Å²) >= 11 is 8.24. The van der Waals surface area contributed by atoms with Crippen molar-refractivity contribution in [3.05, 3.63) is 20.8 Å². The van der Waals surface area contributed by atoms with Gasteiger partial charge in [0.2, 0.25) is 0 Å². The third-order valence-corrected chi connectivity index (χ3v) is 6.84. The summed E-state index contributed by atoms with van der Waals surface area (Å²) < 4.78 is 0. The highest BCUT2D eigenvalue weighted by Gasteiger charge is 2.40. The van der Waals surface area contributed by atoms with E-state index in [0.29, 0.717) is 6.04 Å². The van der Waals surface area contributed by atoms with Gasteiger partial charge in [-0.05, 0) is 68.4 Å². The number of thiophene rings is 1. The predicted molar refractivity (Wildman–Crippen MR) is 79.4 cm³/mol. The zero-order chi connectivity index (χ0) is 12.7. The maximum Gasteiger partial charge on any atom is 0.0590 e. The monoisotopic (exact) mass is 283 g/mol. The average molecular weight is 284 g/mol. The molecule has 1 nitrogen and oxygen atoms in total. The molecule has 1 N–H and O–H groups in total. The van der Waals surface area contributed by atoms with Gasteiger partial charge >= 0.3 is 0 Å². The van der Waals surface area contributed by atoms with Crippen molar-refractivity contribution in [2.24, 2.45) is 17.8 Å². The van der Waals surface area contributed by atoms with Gasteiger partial charge in [-0.2, -0.15) is 0 Å². The van der Waals surface area contributed by atoms with E-state index in [9.17, 15) is 0 Å². The Balaban J connectivity index is 1.71. The van der Waals surface area contributed by atoms with Gasteiger partial charge in [0.05, 0.1) is 5.02 Å². The van der Waals surface area contributed by atoms with Crippen LogP contribution in [0.1, 0.15) is 48.6 Å². The van der Waals surface area contributed by atoms with E-state index in [1.807, 2.05) is 11.3 Å². The molecule has 4 atom stereocenters. The Morgan fingerprint density at radius 1 is 1.44 bits per heavy atom. The van der Waals surface area contributed by atoms with Crippen LogP contribution in [0.3, 0.4) is 0 Å². The van der Waals surface area contributed by atoms with Crippen molar-refractivity contribution in [3.63, 3.8) is 0 Å². The lowest BCUT2D eigenvalue weighted by Crippen LogP contribution is -2.22. The highest BCUT2D eigenvalue weighted by atomic mass is 35.5. The van der Waals surface area contributed by atoms with Crippen LogP contribution in [0, 0.1) is 24.7 Å². The predicted octanol–water partition coefficient (Wildman–Crippen LogP) is 4.80. The van der Waals surface area contributed by atoms with Gasteiger partial charge in [0.15, 0.2) is 0 Å². The molecular weight excluding hydrogens is 262 g/mol. The lowest BCUT2D eigenvalue weighted by Gasteiger charge is -2.26. The Morgan fingerprint density at radius 3 is 2.78 bits per heavy atom. The first kappa shape index (κ1) is 13.0. The van der Waals surface area contributed by atoms with Crippen LogP contribution >= 0.6 is 22.9 Å². The standard InChI is InChI=1S/C15H22ClNS/c1-9-8-18-15(14(9)16)13(17-2)7-12-6-10-3-4-11(12)5-10/h8,10-13,17H,3-7H2,1-2H3. The SMILES string of the molecule is CNC(CC1CC2CCC1C2)c1scc(C)c1Cl. The molecule has 18 heavy (non-hydrogen) atoms. The number of nitrogens with one attached hydrogen (secondary N) is 1. The summed E-state index contributed by atoms with van der Waals surface area (Å²) in [5, 5.41) is 6.66. The minimum atomic E-state index is 0.459. The lowest BCUT2D eigenvalue weighted by atomic mass is 9.84. The van der Waals surface area contributed by atoms with Crippen LogP contribution in [-0.4, -0.2) is 7.05 Å². The van der Waals surface area contributed by atoms with Crippen LogP contribution < -0.4 is 5.32 Å². The van der Waals surface area contributed by atoms with Crippen molar-refractivity contribution in [3.8, 4) is 0 Å². The normalized spacial score (nSPS) is 32.1. The molecule has 2 saturated carbocycles. The fourth-order valence-electron chi connectivity index (χ4n) is 4.01. The maximum atomic E-state index is 6.42. The van der Waals surface area contributed by atoms with E-state index < -0.39 is 0 Å². The third kappa shape index (κ3) is 2.23. The Hall–Kier alpha value is -0.0500. The fraction of sp³-hybridized carbons (Fsp3) is 0.733. The molecule has 2 aliphatic rings. The Labute approximate surface area is 119 Å². The van der Waals surface area contributed by atoms with E-state index in [4.69, 9.17) is 11.6 Å². The summed E-state index contributed by atoms with van der Waals surface area (Å²) in [7, 11) is 2.07. The van der Waals surface area contributed by atoms with Crippen LogP contribution in [0.5, 0.6) is 0 Å². The second kappa shape index (κ2) is 5.15. The molecule has 1 aromatic heterocycles. The number of hydrogen-bond acceptors (Lipinski definition) is 2. The van der Waals surface area contributed by atoms with Crippen molar-refractivity contribution < 1.29 is 0 Å². The van der Waals surface area contributed by atoms with Gasteiger partial charge in [0.25, 0.3) is 0 Å². The van der Waals surface area contributed by atoms with Crippen LogP contribution in [0.2, 0.25) is 5.02 Å². The van der Waals surface area contributed by atoms with Gasteiger partial charge in [0, 0.05) is 10.9 Å². The summed E-state index contributed by atoms with van der Waals surface area (Å²) in [5.74, 6) is 2.98. The molecule has 100 valence electrons. The lowest BCUT2D eigenvalue weighted by molar-refractivity contribution is 0.285. The minimum Gasteiger partial charge on any atom is -0.312 e. The summed E-state index contributed by atoms with van der Waals surface area (Å²) in [6, 6.07) is 0.459. The quantitative estimate of drug-likeness (QED) is 0.837. The average Bonchev–Trinajstić information content (AvgIpc) is 3.05. The minimum absolute atomic E-state index is 0.459. The number of fused-ring (bicyclic) bond motifs is 2. The molecule has 4 unspecified atom stereocenters. The topological polar surface area (TPSA) is 12.0 Å². The largest absolute Gasteiger partial charge is 0.312 e. The molecule has 3 heteroatoms. The number of halogens is 1. The van der Waals surface area contributed by atoms with Gasteiger partial charge in [-0.3, -0.25) is 0 Å². The van der Waals surface area contributed by atoms with Crippen molar-refractivity contribution in [1.82, 2.24) is 5.32 Å². The van der Waals surface area contributed by atoms with Crippen molar-refractivity contribution in [1.29, 1.82) is 0 Å². The molecule has 1 aromatic rings. The first-order valence-corrected chi connectivity index (χ1v) is 8.35. The van der Waals surface area contributed by atoms with Crippen molar-refractivity contribution in [2.75, 3.05) is 7.05 Å². The molecule has 2 bridgehead atoms. The maximum absolute atomic E-state index is 6.42. The van der Waals surface area contributed by atoms with Crippen LogP contribution in [0.15, 0.2) is 5.38 Å². The van der Waals surface area contributed by atoms with Crippen LogP contribution in [-0.2, 0) is 0 Å². The van der Waals surface area contributed by atoms with Gasteiger partial charge in [-0.1, -0.05) is 18.0 Å². The first-order chi connectivity index (χ1) is 8.69. The van der Waals surface area contributed by atoms with E-state index in [2.05, 4.69) is 24.7 Å². The summed E-state index contributed by atoms with van der Waals surface area (Å²) in [6.07, 6.45) is 7.20. The Bertz CT molecular complexity index is 428. The number of rotatable bonds is 4. The zero-order valence-electron chi connectivity index (χ0n) is 11.2. The van der Waals surface area contributed by atoms with E-state index in [-0.39, 0.29) is 0 Å². The molecule has 0 saturated heterocycles. The number of aryl methyl sites for hydroxylation is 1. The first-order valence-electron chi connectivity index (χ1n) is 7.09. The molecule has 2 aliphatic carbocycles. The molecule has 0 aliphatic heterocycles. The molecule has 1 heterocycles. The van der Waals surface area contributed by atoms with Gasteiger partial charge < -0.3 is 5.32 Å². The smallest absolute Gasteiger partial charge is 0.0590 e. The summed E-state index contributed by atoms with van der Waals surface area (Å²) in [4.78, 5) is 1.35. The van der Waals surface area contributed by atoms with Crippen LogP contribution in [0.25, 0.3) is 0 Å². The number of hydrogen-bond donors (Lipinski definition) is 1. The highest BCUT2D eigenvalue weighted by molar-refractivity contribution is 7.10. The molecular formula is C15H22ClNS. The summed E-state index contributed by atoms with van der Waals surface area (Å²) in [6.45, 7) is 2.10. The molecule has 0 spiro atoms. The molecule has 2 fully saturated rings. The van der Waals surface area contributed by atoms with Crippen LogP contribution in [0.4, 0.5) is 0 Å². The Morgan fingerprint density at radius 2 is 2.28 bits per heavy atom. The third-order valence-electron chi connectivity index (χ3n) is 5.01. The van der Waals surface area contributed by atoms with E-state index in [0.717, 1.165) is 22.8 Å². The van der Waals surface area contributed by atoms with Crippen molar-refractivity contribution in [2.45, 2.75) is 45.1 Å². The van der Waals surface area contributed by atoms with E-state index in [1.54, 1.807) is 0 Å². The van der Waals surface area contributed by atoms with E-state index in [1.165, 1.54) is 42.5 Å². The zero-order valence-corrected chi connectivity index (χ0v) is 12.8. The van der Waals surface area contributed by atoms with Gasteiger partial charge in [0.1, 0.15) is 0 Å². The fourth-order valence-corrected chi connectivity index (χ4v) is 5.46. The van der Waals surface area contributed by atoms with Gasteiger partial charge in [-0.15, -0.1) is 11.3 Å². The molecule has 3 rings (SSSR count). The molecule has 0 aromatic carbocycles.